The first-order valence-electron chi connectivity index (χ1n) is 3.58. The molecule has 0 atom stereocenters. The van der Waals surface area contributed by atoms with Gasteiger partial charge in [-0.1, -0.05) is 5.57 Å². The van der Waals surface area contributed by atoms with Gasteiger partial charge in [-0.05, 0) is 6.92 Å². The number of allylic oxidation sites excluding steroid dienone is 1. The van der Waals surface area contributed by atoms with Gasteiger partial charge >= 0.3 is 18.9 Å². The Morgan fingerprint density at radius 3 is 2.83 bits per heavy atom. The molecule has 0 unspecified atom stereocenters. The molecule has 0 aromatic carbocycles. The molecule has 0 fully saturated rings. The molecule has 0 saturated heterocycles. The molecule has 0 amide bonds. The number of hydrogen-bond donors (Lipinski definition) is 0. The van der Waals surface area contributed by atoms with Crippen LogP contribution in [0.25, 0.3) is 0 Å². The first-order chi connectivity index (χ1) is 5.29. The smallest absolute Gasteiger partial charge is 0.872 e. The molecule has 1 aliphatic carbocycles. The zero-order valence-corrected chi connectivity index (χ0v) is 7.35. The maximum absolute atomic E-state index is 11.3. The van der Waals surface area contributed by atoms with Crippen LogP contribution in [0.15, 0.2) is 22.7 Å². The quantitative estimate of drug-likeness (QED) is 0.362. The van der Waals surface area contributed by atoms with Crippen molar-refractivity contribution in [2.24, 2.45) is 0 Å². The molecule has 3 nitrogen and oxygen atoms in total. The van der Waals surface area contributed by atoms with Gasteiger partial charge in [-0.3, -0.25) is 0 Å². The molecule has 0 saturated carbocycles. The summed E-state index contributed by atoms with van der Waals surface area (Å²) < 4.78 is 10.1. The van der Waals surface area contributed by atoms with Gasteiger partial charge in [0.25, 0.3) is 0 Å². The largest absolute Gasteiger partial charge is 1.00 e. The van der Waals surface area contributed by atoms with Gasteiger partial charge in [-0.25, -0.2) is 0 Å². The number of ether oxygens (including phenoxy) is 2. The Bertz CT molecular complexity index is 255. The number of rotatable bonds is 0. The monoisotopic (exact) mass is 160 g/mol. The predicted octanol–water partition coefficient (Wildman–Crippen LogP) is -2.71. The molecule has 1 heterocycles. The summed E-state index contributed by atoms with van der Waals surface area (Å²) in [4.78, 5) is 0. The molecule has 0 aromatic rings. The molecule has 60 valence electrons. The molecule has 0 radical (unpaired) electrons. The zero-order chi connectivity index (χ0) is 7.84. The summed E-state index contributed by atoms with van der Waals surface area (Å²) in [6, 6.07) is 0. The Hall–Kier alpha value is -0.363. The minimum absolute atomic E-state index is 0. The second-order valence-electron chi connectivity index (χ2n) is 2.80. The zero-order valence-electron chi connectivity index (χ0n) is 7.35. The van der Waals surface area contributed by atoms with E-state index in [2.05, 4.69) is 0 Å². The SMILES string of the molecule is CC1=C([O-])C2=C(C1)OCOC2.[Li+]. The van der Waals surface area contributed by atoms with Crippen LogP contribution in [0.5, 0.6) is 0 Å². The Balaban J connectivity index is 0.000000720. The van der Waals surface area contributed by atoms with Gasteiger partial charge in [0, 0.05) is 12.0 Å². The Labute approximate surface area is 83.2 Å². The Morgan fingerprint density at radius 1 is 1.42 bits per heavy atom. The maximum Gasteiger partial charge on any atom is 1.00 e. The molecule has 2 rings (SSSR count). The molecule has 0 bridgehead atoms. The van der Waals surface area contributed by atoms with E-state index in [1.54, 1.807) is 0 Å². The van der Waals surface area contributed by atoms with E-state index in [9.17, 15) is 5.11 Å². The normalized spacial score (nSPS) is 21.8. The average Bonchev–Trinajstić information content (AvgIpc) is 2.30. The van der Waals surface area contributed by atoms with Crippen molar-refractivity contribution in [1.82, 2.24) is 0 Å². The van der Waals surface area contributed by atoms with Crippen molar-refractivity contribution in [3.8, 4) is 0 Å². The van der Waals surface area contributed by atoms with Crippen LogP contribution < -0.4 is 24.0 Å². The van der Waals surface area contributed by atoms with Crippen LogP contribution in [0.2, 0.25) is 0 Å². The van der Waals surface area contributed by atoms with Crippen LogP contribution in [0.4, 0.5) is 0 Å². The molecular formula is C8H9LiO3. The van der Waals surface area contributed by atoms with E-state index in [0.717, 1.165) is 11.3 Å². The van der Waals surface area contributed by atoms with Gasteiger partial charge in [-0.2, -0.15) is 0 Å². The second kappa shape index (κ2) is 3.57. The fourth-order valence-electron chi connectivity index (χ4n) is 1.35. The standard InChI is InChI=1S/C8H10O3.Li/c1-5-2-7-6(8(5)9)3-10-4-11-7;/h9H,2-4H2,1H3;/q;+1/p-1. The van der Waals surface area contributed by atoms with Crippen LogP contribution in [0.1, 0.15) is 13.3 Å². The van der Waals surface area contributed by atoms with E-state index in [4.69, 9.17) is 9.47 Å². The van der Waals surface area contributed by atoms with Crippen molar-refractivity contribution in [3.05, 3.63) is 22.7 Å². The van der Waals surface area contributed by atoms with Crippen molar-refractivity contribution < 1.29 is 33.4 Å². The fourth-order valence-corrected chi connectivity index (χ4v) is 1.35. The van der Waals surface area contributed by atoms with E-state index in [-0.39, 0.29) is 24.6 Å². The van der Waals surface area contributed by atoms with Crippen molar-refractivity contribution in [1.29, 1.82) is 0 Å². The van der Waals surface area contributed by atoms with E-state index in [0.29, 0.717) is 25.4 Å². The third-order valence-corrected chi connectivity index (χ3v) is 1.99. The van der Waals surface area contributed by atoms with Crippen LogP contribution in [0, 0.1) is 0 Å². The van der Waals surface area contributed by atoms with Crippen molar-refractivity contribution in [3.63, 3.8) is 0 Å². The summed E-state index contributed by atoms with van der Waals surface area (Å²) in [5.41, 5.74) is 1.58. The van der Waals surface area contributed by atoms with Crippen molar-refractivity contribution in [2.45, 2.75) is 13.3 Å². The summed E-state index contributed by atoms with van der Waals surface area (Å²) in [7, 11) is 0. The summed E-state index contributed by atoms with van der Waals surface area (Å²) in [5, 5.41) is 11.3. The minimum atomic E-state index is 0. The van der Waals surface area contributed by atoms with Gasteiger partial charge in [0.15, 0.2) is 6.79 Å². The molecule has 0 spiro atoms. The van der Waals surface area contributed by atoms with Crippen molar-refractivity contribution in [2.75, 3.05) is 13.4 Å². The van der Waals surface area contributed by atoms with Gasteiger partial charge < -0.3 is 14.6 Å². The molecular weight excluding hydrogens is 151 g/mol. The van der Waals surface area contributed by atoms with E-state index in [1.165, 1.54) is 0 Å². The molecule has 2 aliphatic rings. The van der Waals surface area contributed by atoms with Gasteiger partial charge in [0.05, 0.1) is 6.61 Å². The molecule has 0 aromatic heterocycles. The number of hydrogen-bond acceptors (Lipinski definition) is 3. The summed E-state index contributed by atoms with van der Waals surface area (Å²) in [5.74, 6) is 0.929. The molecule has 1 aliphatic heterocycles. The maximum atomic E-state index is 11.3. The average molecular weight is 160 g/mol. The molecule has 0 N–H and O–H groups in total. The van der Waals surface area contributed by atoms with Gasteiger partial charge in [-0.15, -0.1) is 5.76 Å². The van der Waals surface area contributed by atoms with Crippen LogP contribution in [0.3, 0.4) is 0 Å². The molecule has 4 heteroatoms. The van der Waals surface area contributed by atoms with E-state index >= 15 is 0 Å². The Kier molecular flexibility index (Phi) is 2.89. The van der Waals surface area contributed by atoms with E-state index < -0.39 is 0 Å². The summed E-state index contributed by atoms with van der Waals surface area (Å²) in [6.45, 7) is 2.55. The molecule has 12 heavy (non-hydrogen) atoms. The third-order valence-electron chi connectivity index (χ3n) is 1.99. The van der Waals surface area contributed by atoms with E-state index in [1.807, 2.05) is 6.92 Å². The fraction of sp³-hybridized carbons (Fsp3) is 0.500. The first kappa shape index (κ1) is 9.72. The van der Waals surface area contributed by atoms with Gasteiger partial charge in [0.1, 0.15) is 5.76 Å². The van der Waals surface area contributed by atoms with Crippen LogP contribution in [-0.2, 0) is 9.47 Å². The second-order valence-corrected chi connectivity index (χ2v) is 2.80. The van der Waals surface area contributed by atoms with Crippen molar-refractivity contribution >= 4 is 0 Å². The van der Waals surface area contributed by atoms with Crippen LogP contribution in [-0.4, -0.2) is 13.4 Å². The van der Waals surface area contributed by atoms with Crippen LogP contribution >= 0.6 is 0 Å². The topological polar surface area (TPSA) is 41.5 Å². The van der Waals surface area contributed by atoms with Gasteiger partial charge in [0.2, 0.25) is 0 Å². The minimum Gasteiger partial charge on any atom is -0.872 e. The first-order valence-corrected chi connectivity index (χ1v) is 3.58. The summed E-state index contributed by atoms with van der Waals surface area (Å²) in [6.07, 6.45) is 0.678. The summed E-state index contributed by atoms with van der Waals surface area (Å²) >= 11 is 0. The Morgan fingerprint density at radius 2 is 2.17 bits per heavy atom. The third kappa shape index (κ3) is 1.40. The predicted molar refractivity (Wildman–Crippen MR) is 36.2 cm³/mol.